The van der Waals surface area contributed by atoms with Gasteiger partial charge in [-0.2, -0.15) is 0 Å². The summed E-state index contributed by atoms with van der Waals surface area (Å²) in [6, 6.07) is 61.5. The number of nitrogens with zero attached hydrogens (tertiary/aromatic N) is 3. The van der Waals surface area contributed by atoms with Crippen LogP contribution in [0.15, 0.2) is 170 Å². The first-order chi connectivity index (χ1) is 25.9. The van der Waals surface area contributed by atoms with Crippen LogP contribution in [0, 0.1) is 6.92 Å². The van der Waals surface area contributed by atoms with Crippen molar-refractivity contribution in [2.75, 3.05) is 0 Å². The lowest BCUT2D eigenvalue weighted by Crippen LogP contribution is -2.40. The molecule has 7 aromatic carbocycles. The fraction of sp³-hybridized carbons (Fsp3) is 0.100. The monoisotopic (exact) mass is 679 g/mol. The Morgan fingerprint density at radius 1 is 0.340 bits per heavy atom. The van der Waals surface area contributed by atoms with Gasteiger partial charge in [0.1, 0.15) is 0 Å². The molecule has 2 aliphatic rings. The zero-order chi connectivity index (χ0) is 35.7. The fourth-order valence-electron chi connectivity index (χ4n) is 8.93. The van der Waals surface area contributed by atoms with Gasteiger partial charge in [-0.05, 0) is 74.7 Å². The van der Waals surface area contributed by atoms with E-state index in [-0.39, 0.29) is 5.41 Å². The van der Waals surface area contributed by atoms with E-state index in [2.05, 4.69) is 172 Å². The molecule has 3 heteroatoms. The van der Waals surface area contributed by atoms with Crippen molar-refractivity contribution in [3.63, 3.8) is 0 Å². The molecule has 2 aliphatic carbocycles. The minimum atomic E-state index is -0.440. The summed E-state index contributed by atoms with van der Waals surface area (Å²) in [6.45, 7) is 6.83. The summed E-state index contributed by atoms with van der Waals surface area (Å²) >= 11 is 0. The smallest absolute Gasteiger partial charge is 0.164 e. The molecule has 0 saturated carbocycles. The molecule has 1 heterocycles. The van der Waals surface area contributed by atoms with E-state index >= 15 is 0 Å². The molecule has 0 aliphatic heterocycles. The van der Waals surface area contributed by atoms with Crippen molar-refractivity contribution in [1.29, 1.82) is 0 Å². The van der Waals surface area contributed by atoms with Crippen LogP contribution in [0.5, 0.6) is 0 Å². The highest BCUT2D eigenvalue weighted by molar-refractivity contribution is 5.90. The fourth-order valence-corrected chi connectivity index (χ4v) is 8.93. The topological polar surface area (TPSA) is 38.7 Å². The van der Waals surface area contributed by atoms with Gasteiger partial charge in [0.25, 0.3) is 0 Å². The van der Waals surface area contributed by atoms with Gasteiger partial charge in [0.15, 0.2) is 17.5 Å². The zero-order valence-corrected chi connectivity index (χ0v) is 30.0. The average Bonchev–Trinajstić information content (AvgIpc) is 3.51. The zero-order valence-electron chi connectivity index (χ0n) is 30.0. The number of rotatable bonds is 4. The van der Waals surface area contributed by atoms with Crippen LogP contribution in [0.2, 0.25) is 0 Å². The van der Waals surface area contributed by atoms with Gasteiger partial charge < -0.3 is 0 Å². The normalized spacial score (nSPS) is 14.2. The second-order valence-electron chi connectivity index (χ2n) is 14.9. The highest BCUT2D eigenvalue weighted by atomic mass is 15.0. The minimum Gasteiger partial charge on any atom is -0.208 e. The second kappa shape index (κ2) is 11.8. The molecule has 252 valence electrons. The molecular weight excluding hydrogens is 643 g/mol. The van der Waals surface area contributed by atoms with Crippen LogP contribution in [0.4, 0.5) is 0 Å². The molecule has 0 atom stereocenters. The number of fused-ring (bicyclic) bond motifs is 9. The lowest BCUT2D eigenvalue weighted by molar-refractivity contribution is 0.563. The third-order valence-electron chi connectivity index (χ3n) is 11.5. The van der Waals surface area contributed by atoms with E-state index in [1.165, 1.54) is 50.1 Å². The van der Waals surface area contributed by atoms with Gasteiger partial charge in [-0.15, -0.1) is 0 Å². The molecule has 0 radical (unpaired) electrons. The van der Waals surface area contributed by atoms with Crippen molar-refractivity contribution in [3.05, 3.63) is 209 Å². The van der Waals surface area contributed by atoms with E-state index in [1.54, 1.807) is 0 Å². The third-order valence-corrected chi connectivity index (χ3v) is 11.5. The number of aryl methyl sites for hydroxylation is 1. The minimum absolute atomic E-state index is 0.136. The molecule has 0 N–H and O–H groups in total. The second-order valence-corrected chi connectivity index (χ2v) is 14.9. The van der Waals surface area contributed by atoms with Crippen LogP contribution in [0.1, 0.15) is 52.8 Å². The van der Waals surface area contributed by atoms with Gasteiger partial charge >= 0.3 is 0 Å². The molecular formula is C50H37N3. The van der Waals surface area contributed by atoms with Gasteiger partial charge in [0.2, 0.25) is 0 Å². The molecule has 1 spiro atoms. The van der Waals surface area contributed by atoms with Crippen molar-refractivity contribution in [3.8, 4) is 56.4 Å². The van der Waals surface area contributed by atoms with Gasteiger partial charge in [-0.1, -0.05) is 177 Å². The predicted molar refractivity (Wildman–Crippen MR) is 216 cm³/mol. The maximum atomic E-state index is 5.06. The summed E-state index contributed by atoms with van der Waals surface area (Å²) < 4.78 is 0. The molecule has 10 rings (SSSR count). The lowest BCUT2D eigenvalue weighted by Gasteiger charge is -2.46. The summed E-state index contributed by atoms with van der Waals surface area (Å²) in [5, 5.41) is 0. The Balaban J connectivity index is 1.17. The summed E-state index contributed by atoms with van der Waals surface area (Å²) in [6.07, 6.45) is 0. The Morgan fingerprint density at radius 2 is 0.792 bits per heavy atom. The first-order valence-electron chi connectivity index (χ1n) is 18.4. The average molecular weight is 680 g/mol. The number of hydrogen-bond acceptors (Lipinski definition) is 3. The van der Waals surface area contributed by atoms with Crippen LogP contribution in [-0.4, -0.2) is 15.0 Å². The van der Waals surface area contributed by atoms with Crippen molar-refractivity contribution in [2.24, 2.45) is 0 Å². The largest absolute Gasteiger partial charge is 0.208 e. The molecule has 0 amide bonds. The maximum Gasteiger partial charge on any atom is 0.164 e. The summed E-state index contributed by atoms with van der Waals surface area (Å²) in [5.74, 6) is 1.97. The van der Waals surface area contributed by atoms with Gasteiger partial charge in [-0.25, -0.2) is 15.0 Å². The van der Waals surface area contributed by atoms with Crippen LogP contribution in [0.3, 0.4) is 0 Å². The Morgan fingerprint density at radius 3 is 1.45 bits per heavy atom. The summed E-state index contributed by atoms with van der Waals surface area (Å²) in [7, 11) is 0. The van der Waals surface area contributed by atoms with E-state index in [9.17, 15) is 0 Å². The van der Waals surface area contributed by atoms with E-state index in [4.69, 9.17) is 15.0 Å². The number of benzene rings is 7. The number of aromatic nitrogens is 3. The lowest BCUT2D eigenvalue weighted by atomic mass is 9.55. The van der Waals surface area contributed by atoms with Crippen LogP contribution in [-0.2, 0) is 10.8 Å². The molecule has 1 aromatic heterocycles. The highest BCUT2D eigenvalue weighted by Crippen LogP contribution is 2.62. The molecule has 53 heavy (non-hydrogen) atoms. The molecule has 8 aromatic rings. The maximum absolute atomic E-state index is 5.06. The Bertz CT molecular complexity index is 2660. The van der Waals surface area contributed by atoms with Crippen LogP contribution >= 0.6 is 0 Å². The molecule has 0 bridgehead atoms. The first kappa shape index (κ1) is 31.3. The van der Waals surface area contributed by atoms with Crippen molar-refractivity contribution >= 4 is 0 Å². The van der Waals surface area contributed by atoms with E-state index < -0.39 is 5.41 Å². The number of hydrogen-bond donors (Lipinski definition) is 0. The molecule has 0 unspecified atom stereocenters. The highest BCUT2D eigenvalue weighted by Gasteiger charge is 2.53. The van der Waals surface area contributed by atoms with E-state index in [0.29, 0.717) is 17.5 Å². The molecule has 0 saturated heterocycles. The summed E-state index contributed by atoms with van der Waals surface area (Å²) in [5.41, 5.74) is 16.5. The SMILES string of the molecule is Cc1ccc(-c2nc(-c3ccccc3)nc(-c3cccc(-c4ccc5c(c4)C4(c6ccccc6-5)c5ccccc5C(C)(C)c5ccccc54)c3)n2)cc1. The van der Waals surface area contributed by atoms with Gasteiger partial charge in [0, 0.05) is 22.1 Å². The predicted octanol–water partition coefficient (Wildman–Crippen LogP) is 11.9. The first-order valence-corrected chi connectivity index (χ1v) is 18.4. The Labute approximate surface area is 310 Å². The van der Waals surface area contributed by atoms with Crippen LogP contribution in [0.25, 0.3) is 56.4 Å². The van der Waals surface area contributed by atoms with Gasteiger partial charge in [-0.3, -0.25) is 0 Å². The van der Waals surface area contributed by atoms with E-state index in [0.717, 1.165) is 27.8 Å². The van der Waals surface area contributed by atoms with Crippen molar-refractivity contribution in [2.45, 2.75) is 31.6 Å². The van der Waals surface area contributed by atoms with Crippen molar-refractivity contribution in [1.82, 2.24) is 15.0 Å². The molecule has 3 nitrogen and oxygen atoms in total. The summed E-state index contributed by atoms with van der Waals surface area (Å²) in [4.78, 5) is 15.0. The quantitative estimate of drug-likeness (QED) is 0.186. The Hall–Kier alpha value is -6.45. The third kappa shape index (κ3) is 4.70. The van der Waals surface area contributed by atoms with Crippen molar-refractivity contribution < 1.29 is 0 Å². The standard InChI is InChI=1S/C50H37N3/c1-32-24-26-34(27-25-32)47-51-46(33-14-5-4-6-15-33)52-48(53-47)37-17-13-16-35(30-37)36-28-29-39-38-18-7-8-19-40(38)50(45(39)31-36)43-22-11-9-20-41(43)49(2,3)42-21-10-12-23-44(42)50/h4-31H,1-3H3. The molecule has 0 fully saturated rings. The van der Waals surface area contributed by atoms with E-state index in [1.807, 2.05) is 18.2 Å². The van der Waals surface area contributed by atoms with Gasteiger partial charge in [0.05, 0.1) is 5.41 Å². The van der Waals surface area contributed by atoms with Crippen LogP contribution < -0.4 is 0 Å². The Kier molecular flexibility index (Phi) is 6.97.